The first-order valence-electron chi connectivity index (χ1n) is 7.54. The van der Waals surface area contributed by atoms with E-state index in [1.807, 2.05) is 35.9 Å². The van der Waals surface area contributed by atoms with E-state index in [4.69, 9.17) is 4.74 Å². The second-order valence-corrected chi connectivity index (χ2v) is 6.28. The molecule has 0 bridgehead atoms. The van der Waals surface area contributed by atoms with Crippen molar-refractivity contribution in [1.29, 1.82) is 0 Å². The minimum atomic E-state index is 0.625. The number of ether oxygens (including phenoxy) is 1. The summed E-state index contributed by atoms with van der Waals surface area (Å²) in [6.07, 6.45) is 4.80. The van der Waals surface area contributed by atoms with Crippen molar-refractivity contribution in [2.45, 2.75) is 10.9 Å². The summed E-state index contributed by atoms with van der Waals surface area (Å²) in [6, 6.07) is 7.96. The third-order valence-corrected chi connectivity index (χ3v) is 4.60. The van der Waals surface area contributed by atoms with E-state index in [1.165, 1.54) is 11.9 Å². The fourth-order valence-corrected chi connectivity index (χ4v) is 3.17. The molecule has 0 saturated heterocycles. The number of fused-ring (bicyclic) bond motifs is 1. The molecule has 3 aromatic heterocycles. The number of methoxy groups -OCH3 is 1. The summed E-state index contributed by atoms with van der Waals surface area (Å²) in [5.41, 5.74) is 2.63. The molecule has 25 heavy (non-hydrogen) atoms. The number of benzene rings is 1. The maximum Gasteiger partial charge on any atom is 0.192 e. The van der Waals surface area contributed by atoms with E-state index in [0.717, 1.165) is 17.1 Å². The fraction of sp³-hybridized carbons (Fsp3) is 0.188. The summed E-state index contributed by atoms with van der Waals surface area (Å²) >= 11 is 1.56. The van der Waals surface area contributed by atoms with Gasteiger partial charge in [0.1, 0.15) is 18.4 Å². The SMILES string of the molecule is COc1ccc(CSc2nc(-n3cncn3)c3ncn(C)c3n2)cc1. The molecule has 0 aliphatic carbocycles. The highest BCUT2D eigenvalue weighted by Gasteiger charge is 2.14. The molecule has 0 spiro atoms. The van der Waals surface area contributed by atoms with Crippen molar-refractivity contribution in [3.8, 4) is 11.6 Å². The van der Waals surface area contributed by atoms with Gasteiger partial charge < -0.3 is 9.30 Å². The second-order valence-electron chi connectivity index (χ2n) is 5.33. The van der Waals surface area contributed by atoms with Crippen molar-refractivity contribution in [2.24, 2.45) is 7.05 Å². The van der Waals surface area contributed by atoms with Gasteiger partial charge in [0.15, 0.2) is 22.1 Å². The first-order valence-corrected chi connectivity index (χ1v) is 8.53. The lowest BCUT2D eigenvalue weighted by Crippen LogP contribution is -2.03. The zero-order chi connectivity index (χ0) is 17.2. The number of aromatic nitrogens is 7. The summed E-state index contributed by atoms with van der Waals surface area (Å²) in [5, 5.41) is 4.83. The quantitative estimate of drug-likeness (QED) is 0.402. The zero-order valence-electron chi connectivity index (χ0n) is 13.7. The largest absolute Gasteiger partial charge is 0.497 e. The molecule has 1 aromatic carbocycles. The van der Waals surface area contributed by atoms with Gasteiger partial charge in [-0.15, -0.1) is 0 Å². The number of rotatable bonds is 5. The van der Waals surface area contributed by atoms with Crippen molar-refractivity contribution in [3.05, 3.63) is 48.8 Å². The van der Waals surface area contributed by atoms with Crippen LogP contribution >= 0.6 is 11.8 Å². The summed E-state index contributed by atoms with van der Waals surface area (Å²) in [6.45, 7) is 0. The number of hydrogen-bond acceptors (Lipinski definition) is 7. The monoisotopic (exact) mass is 353 g/mol. The molecule has 0 unspecified atom stereocenters. The molecular weight excluding hydrogens is 338 g/mol. The van der Waals surface area contributed by atoms with Crippen LogP contribution in [-0.2, 0) is 12.8 Å². The van der Waals surface area contributed by atoms with Crippen LogP contribution in [0.1, 0.15) is 5.56 Å². The third kappa shape index (κ3) is 3.05. The summed E-state index contributed by atoms with van der Waals surface area (Å²) in [7, 11) is 3.57. The molecule has 9 heteroatoms. The summed E-state index contributed by atoms with van der Waals surface area (Å²) < 4.78 is 8.66. The van der Waals surface area contributed by atoms with E-state index in [2.05, 4.69) is 25.0 Å². The van der Waals surface area contributed by atoms with E-state index in [1.54, 1.807) is 36.2 Å². The first kappa shape index (κ1) is 15.6. The highest BCUT2D eigenvalue weighted by Crippen LogP contribution is 2.25. The maximum atomic E-state index is 5.18. The van der Waals surface area contributed by atoms with Crippen LogP contribution in [0.5, 0.6) is 5.75 Å². The molecule has 0 amide bonds. The number of aryl methyl sites for hydroxylation is 1. The van der Waals surface area contributed by atoms with E-state index in [9.17, 15) is 0 Å². The molecule has 0 saturated carbocycles. The number of imidazole rings is 1. The van der Waals surface area contributed by atoms with Crippen LogP contribution in [-0.4, -0.2) is 41.4 Å². The molecule has 8 nitrogen and oxygen atoms in total. The van der Waals surface area contributed by atoms with Gasteiger partial charge in [0.05, 0.1) is 13.4 Å². The Bertz CT molecular complexity index is 995. The predicted molar refractivity (Wildman–Crippen MR) is 93.8 cm³/mol. The zero-order valence-corrected chi connectivity index (χ0v) is 14.5. The average molecular weight is 353 g/mol. The third-order valence-electron chi connectivity index (χ3n) is 3.68. The Labute approximate surface area is 147 Å². The van der Waals surface area contributed by atoms with E-state index in [-0.39, 0.29) is 0 Å². The van der Waals surface area contributed by atoms with Gasteiger partial charge >= 0.3 is 0 Å². The van der Waals surface area contributed by atoms with Gasteiger partial charge in [-0.1, -0.05) is 23.9 Å². The van der Waals surface area contributed by atoms with Crippen LogP contribution in [0.2, 0.25) is 0 Å². The van der Waals surface area contributed by atoms with E-state index < -0.39 is 0 Å². The lowest BCUT2D eigenvalue weighted by atomic mass is 10.2. The van der Waals surface area contributed by atoms with Crippen molar-refractivity contribution < 1.29 is 4.74 Å². The van der Waals surface area contributed by atoms with Gasteiger partial charge in [0.25, 0.3) is 0 Å². The molecule has 0 atom stereocenters. The normalized spacial score (nSPS) is 11.1. The lowest BCUT2D eigenvalue weighted by molar-refractivity contribution is 0.414. The van der Waals surface area contributed by atoms with Crippen molar-refractivity contribution in [3.63, 3.8) is 0 Å². The smallest absolute Gasteiger partial charge is 0.192 e. The molecule has 0 fully saturated rings. The van der Waals surface area contributed by atoms with Crippen LogP contribution < -0.4 is 4.74 Å². The molecule has 0 aliphatic rings. The highest BCUT2D eigenvalue weighted by atomic mass is 32.2. The minimum Gasteiger partial charge on any atom is -0.497 e. The van der Waals surface area contributed by atoms with Crippen molar-refractivity contribution in [2.75, 3.05) is 7.11 Å². The number of thioether (sulfide) groups is 1. The Hall–Kier alpha value is -2.94. The molecular formula is C16H15N7OS. The molecule has 4 aromatic rings. The van der Waals surface area contributed by atoms with Gasteiger partial charge in [-0.05, 0) is 17.7 Å². The summed E-state index contributed by atoms with van der Waals surface area (Å²) in [4.78, 5) is 17.6. The second kappa shape index (κ2) is 6.52. The highest BCUT2D eigenvalue weighted by molar-refractivity contribution is 7.98. The first-order chi connectivity index (χ1) is 12.2. The van der Waals surface area contributed by atoms with Crippen LogP contribution in [0.4, 0.5) is 0 Å². The number of hydrogen-bond donors (Lipinski definition) is 0. The van der Waals surface area contributed by atoms with Crippen LogP contribution in [0, 0.1) is 0 Å². The lowest BCUT2D eigenvalue weighted by Gasteiger charge is -2.06. The predicted octanol–water partition coefficient (Wildman–Crippen LogP) is 2.24. The number of nitrogens with zero attached hydrogens (tertiary/aromatic N) is 7. The van der Waals surface area contributed by atoms with Crippen LogP contribution in [0.3, 0.4) is 0 Å². The Kier molecular flexibility index (Phi) is 4.06. The molecule has 0 N–H and O–H groups in total. The molecule has 0 radical (unpaired) electrons. The van der Waals surface area contributed by atoms with Crippen molar-refractivity contribution in [1.82, 2.24) is 34.3 Å². The van der Waals surface area contributed by atoms with Gasteiger partial charge in [-0.25, -0.2) is 24.6 Å². The van der Waals surface area contributed by atoms with Crippen LogP contribution in [0.15, 0.2) is 48.4 Å². The Morgan fingerprint density at radius 3 is 2.68 bits per heavy atom. The average Bonchev–Trinajstić information content (AvgIpc) is 3.30. The van der Waals surface area contributed by atoms with E-state index >= 15 is 0 Å². The molecule has 126 valence electrons. The molecule has 4 rings (SSSR count). The molecule has 3 heterocycles. The fourth-order valence-electron chi connectivity index (χ4n) is 2.38. The topological polar surface area (TPSA) is 83.5 Å². The van der Waals surface area contributed by atoms with Gasteiger partial charge in [0.2, 0.25) is 0 Å². The molecule has 0 aliphatic heterocycles. The Balaban J connectivity index is 1.66. The van der Waals surface area contributed by atoms with Crippen LogP contribution in [0.25, 0.3) is 17.0 Å². The van der Waals surface area contributed by atoms with Gasteiger partial charge in [-0.3, -0.25) is 0 Å². The maximum absolute atomic E-state index is 5.18. The van der Waals surface area contributed by atoms with E-state index in [0.29, 0.717) is 16.5 Å². The minimum absolute atomic E-state index is 0.625. The van der Waals surface area contributed by atoms with Gasteiger partial charge in [-0.2, -0.15) is 5.10 Å². The Morgan fingerprint density at radius 2 is 1.96 bits per heavy atom. The van der Waals surface area contributed by atoms with Gasteiger partial charge in [0, 0.05) is 12.8 Å². The standard InChI is InChI=1S/C16H15N7OS/c1-22-10-18-13-14(22)20-16(21-15(13)23-9-17-8-19-23)25-7-11-3-5-12(24-2)6-4-11/h3-6,8-10H,7H2,1-2H3. The Morgan fingerprint density at radius 1 is 1.12 bits per heavy atom. The van der Waals surface area contributed by atoms with Crippen molar-refractivity contribution >= 4 is 22.9 Å². The summed E-state index contributed by atoms with van der Waals surface area (Å²) in [5.74, 6) is 2.22.